The molecule has 128 valence electrons. The van der Waals surface area contributed by atoms with Crippen LogP contribution in [0.25, 0.3) is 0 Å². The summed E-state index contributed by atoms with van der Waals surface area (Å²) in [6.07, 6.45) is 0.744. The van der Waals surface area contributed by atoms with Crippen molar-refractivity contribution in [2.75, 3.05) is 13.2 Å². The Morgan fingerprint density at radius 1 is 1.26 bits per heavy atom. The second-order valence-electron chi connectivity index (χ2n) is 4.75. The topological polar surface area (TPSA) is 102 Å². The van der Waals surface area contributed by atoms with Crippen molar-refractivity contribution in [3.8, 4) is 0 Å². The van der Waals surface area contributed by atoms with Gasteiger partial charge in [-0.3, -0.25) is 9.59 Å². The lowest BCUT2D eigenvalue weighted by molar-refractivity contribution is -0.149. The van der Waals surface area contributed by atoms with E-state index < -0.39 is 40.4 Å². The quantitative estimate of drug-likeness (QED) is 0.670. The molecule has 1 atom stereocenters. The van der Waals surface area contributed by atoms with E-state index >= 15 is 0 Å². The van der Waals surface area contributed by atoms with Gasteiger partial charge in [-0.25, -0.2) is 12.8 Å². The second kappa shape index (κ2) is 8.59. The van der Waals surface area contributed by atoms with Crippen molar-refractivity contribution in [1.29, 1.82) is 0 Å². The summed E-state index contributed by atoms with van der Waals surface area (Å²) < 4.78 is 43.7. The Morgan fingerprint density at radius 2 is 1.87 bits per heavy atom. The van der Waals surface area contributed by atoms with Gasteiger partial charge in [0.1, 0.15) is 11.9 Å². The molecule has 1 aromatic rings. The van der Waals surface area contributed by atoms with Gasteiger partial charge in [0.15, 0.2) is 6.61 Å². The first-order valence-electron chi connectivity index (χ1n) is 6.97. The normalized spacial score (nSPS) is 12.5. The van der Waals surface area contributed by atoms with E-state index in [0.29, 0.717) is 6.54 Å². The van der Waals surface area contributed by atoms with Gasteiger partial charge in [0, 0.05) is 6.54 Å². The van der Waals surface area contributed by atoms with Gasteiger partial charge >= 0.3 is 5.97 Å². The molecule has 0 saturated carbocycles. The monoisotopic (exact) mass is 346 g/mol. The zero-order valence-corrected chi connectivity index (χ0v) is 13.7. The van der Waals surface area contributed by atoms with Crippen LogP contribution in [0.2, 0.25) is 0 Å². The number of rotatable bonds is 8. The number of hydrogen-bond acceptors (Lipinski definition) is 5. The highest BCUT2D eigenvalue weighted by molar-refractivity contribution is 7.89. The Labute approximate surface area is 134 Å². The van der Waals surface area contributed by atoms with E-state index in [1.54, 1.807) is 0 Å². The van der Waals surface area contributed by atoms with Crippen molar-refractivity contribution in [2.45, 2.75) is 31.2 Å². The predicted octanol–water partition coefficient (Wildman–Crippen LogP) is 0.562. The van der Waals surface area contributed by atoms with E-state index in [0.717, 1.165) is 30.7 Å². The smallest absolute Gasteiger partial charge is 0.324 e. The van der Waals surface area contributed by atoms with E-state index in [9.17, 15) is 22.4 Å². The number of nitrogens with one attached hydrogen (secondary N) is 2. The highest BCUT2D eigenvalue weighted by atomic mass is 32.2. The summed E-state index contributed by atoms with van der Waals surface area (Å²) >= 11 is 0. The summed E-state index contributed by atoms with van der Waals surface area (Å²) in [6.45, 7) is 3.14. The molecule has 0 heterocycles. The Balaban J connectivity index is 2.57. The first kappa shape index (κ1) is 19.0. The summed E-state index contributed by atoms with van der Waals surface area (Å²) in [6, 6.07) is 2.96. The molecule has 0 aromatic heterocycles. The lowest BCUT2D eigenvalue weighted by Crippen LogP contribution is -2.41. The molecule has 0 aliphatic carbocycles. The number of carbonyl (C=O) groups excluding carboxylic acids is 2. The van der Waals surface area contributed by atoms with Gasteiger partial charge in [-0.2, -0.15) is 4.72 Å². The van der Waals surface area contributed by atoms with Gasteiger partial charge in [-0.05, 0) is 37.6 Å². The average Bonchev–Trinajstić information content (AvgIpc) is 2.50. The minimum absolute atomic E-state index is 0.181. The van der Waals surface area contributed by atoms with Gasteiger partial charge in [0.25, 0.3) is 5.91 Å². The third-order valence-electron chi connectivity index (χ3n) is 2.73. The number of carbonyl (C=O) groups is 2. The van der Waals surface area contributed by atoms with Crippen LogP contribution in [0.15, 0.2) is 29.2 Å². The SMILES string of the molecule is CCCNC(=O)COC(=O)[C@H](C)NS(=O)(=O)c1ccc(F)cc1. The Bertz CT molecular complexity index is 646. The number of esters is 1. The number of halogens is 1. The first-order chi connectivity index (χ1) is 10.8. The van der Waals surface area contributed by atoms with Gasteiger partial charge < -0.3 is 10.1 Å². The van der Waals surface area contributed by atoms with Crippen LogP contribution in [0.4, 0.5) is 4.39 Å². The number of benzene rings is 1. The molecule has 23 heavy (non-hydrogen) atoms. The molecule has 1 aromatic carbocycles. The van der Waals surface area contributed by atoms with Crippen LogP contribution in [0, 0.1) is 5.82 Å². The third-order valence-corrected chi connectivity index (χ3v) is 4.28. The summed E-state index contributed by atoms with van der Waals surface area (Å²) in [5.41, 5.74) is 0. The van der Waals surface area contributed by atoms with Crippen molar-refractivity contribution in [3.05, 3.63) is 30.1 Å². The molecule has 1 amide bonds. The van der Waals surface area contributed by atoms with Crippen molar-refractivity contribution in [1.82, 2.24) is 10.0 Å². The lowest BCUT2D eigenvalue weighted by atomic mass is 10.4. The molecule has 0 aliphatic heterocycles. The van der Waals surface area contributed by atoms with Crippen LogP contribution in [-0.2, 0) is 24.3 Å². The van der Waals surface area contributed by atoms with Crippen molar-refractivity contribution in [2.24, 2.45) is 0 Å². The summed E-state index contributed by atoms with van der Waals surface area (Å²) in [5, 5.41) is 2.52. The maximum atomic E-state index is 12.8. The molecule has 0 aliphatic rings. The molecule has 0 spiro atoms. The van der Waals surface area contributed by atoms with Crippen LogP contribution in [0.5, 0.6) is 0 Å². The van der Waals surface area contributed by atoms with Gasteiger partial charge in [0.2, 0.25) is 10.0 Å². The maximum Gasteiger partial charge on any atom is 0.324 e. The fraction of sp³-hybridized carbons (Fsp3) is 0.429. The van der Waals surface area contributed by atoms with E-state index in [1.807, 2.05) is 6.92 Å². The van der Waals surface area contributed by atoms with Gasteiger partial charge in [0.05, 0.1) is 4.90 Å². The second-order valence-corrected chi connectivity index (χ2v) is 6.47. The minimum atomic E-state index is -3.99. The summed E-state index contributed by atoms with van der Waals surface area (Å²) in [5.74, 6) is -1.93. The molecule has 2 N–H and O–H groups in total. The van der Waals surface area contributed by atoms with Crippen molar-refractivity contribution in [3.63, 3.8) is 0 Å². The standard InChI is InChI=1S/C14H19FN2O5S/c1-3-8-16-13(18)9-22-14(19)10(2)17-23(20,21)12-6-4-11(15)5-7-12/h4-7,10,17H,3,8-9H2,1-2H3,(H,16,18)/t10-/m0/s1. The molecule has 0 unspecified atom stereocenters. The van der Waals surface area contributed by atoms with Crippen LogP contribution in [0.3, 0.4) is 0 Å². The molecular weight excluding hydrogens is 327 g/mol. The van der Waals surface area contributed by atoms with E-state index in [4.69, 9.17) is 4.74 Å². The summed E-state index contributed by atoms with van der Waals surface area (Å²) in [7, 11) is -3.99. The van der Waals surface area contributed by atoms with Crippen LogP contribution < -0.4 is 10.0 Å². The number of hydrogen-bond donors (Lipinski definition) is 2. The van der Waals surface area contributed by atoms with E-state index in [-0.39, 0.29) is 4.90 Å². The molecule has 0 radical (unpaired) electrons. The maximum absolute atomic E-state index is 12.8. The highest BCUT2D eigenvalue weighted by Crippen LogP contribution is 2.10. The molecular formula is C14H19FN2O5S. The third kappa shape index (κ3) is 6.33. The van der Waals surface area contributed by atoms with Crippen molar-refractivity contribution >= 4 is 21.9 Å². The van der Waals surface area contributed by atoms with Crippen molar-refractivity contribution < 1.29 is 27.1 Å². The zero-order valence-electron chi connectivity index (χ0n) is 12.8. The molecule has 0 fully saturated rings. The molecule has 1 rings (SSSR count). The van der Waals surface area contributed by atoms with Crippen LogP contribution in [0.1, 0.15) is 20.3 Å². The van der Waals surface area contributed by atoms with Gasteiger partial charge in [-0.1, -0.05) is 6.92 Å². The Morgan fingerprint density at radius 3 is 2.43 bits per heavy atom. The molecule has 9 heteroatoms. The largest absolute Gasteiger partial charge is 0.454 e. The Kier molecular flexibility index (Phi) is 7.11. The summed E-state index contributed by atoms with van der Waals surface area (Å²) in [4.78, 5) is 22.8. The van der Waals surface area contributed by atoms with Gasteiger partial charge in [-0.15, -0.1) is 0 Å². The fourth-order valence-corrected chi connectivity index (χ4v) is 2.73. The Hall–Kier alpha value is -2.00. The molecule has 0 saturated heterocycles. The van der Waals surface area contributed by atoms with E-state index in [2.05, 4.69) is 10.0 Å². The minimum Gasteiger partial charge on any atom is -0.454 e. The molecule has 7 nitrogen and oxygen atoms in total. The average molecular weight is 346 g/mol. The predicted molar refractivity (Wildman–Crippen MR) is 80.4 cm³/mol. The highest BCUT2D eigenvalue weighted by Gasteiger charge is 2.23. The number of ether oxygens (including phenoxy) is 1. The van der Waals surface area contributed by atoms with Crippen LogP contribution >= 0.6 is 0 Å². The first-order valence-corrected chi connectivity index (χ1v) is 8.46. The van der Waals surface area contributed by atoms with E-state index in [1.165, 1.54) is 6.92 Å². The fourth-order valence-electron chi connectivity index (χ4n) is 1.54. The number of amides is 1. The number of sulfonamides is 1. The lowest BCUT2D eigenvalue weighted by Gasteiger charge is -2.13. The zero-order chi connectivity index (χ0) is 17.5. The molecule has 0 bridgehead atoms. The van der Waals surface area contributed by atoms with Crippen LogP contribution in [-0.4, -0.2) is 39.5 Å².